The highest BCUT2D eigenvalue weighted by Gasteiger charge is 2.57. The number of thiol groups is 1. The van der Waals surface area contributed by atoms with Crippen LogP contribution >= 0.6 is 24.2 Å². The quantitative estimate of drug-likeness (QED) is 0.489. The van der Waals surface area contributed by atoms with Crippen LogP contribution in [0.15, 0.2) is 11.6 Å². The van der Waals surface area contributed by atoms with Gasteiger partial charge in [-0.1, -0.05) is 44.2 Å². The average molecular weight is 279 g/mol. The van der Waals surface area contributed by atoms with E-state index in [9.17, 15) is 9.59 Å². The van der Waals surface area contributed by atoms with E-state index in [1.54, 1.807) is 13.8 Å². The third-order valence-corrected chi connectivity index (χ3v) is 3.17. The van der Waals surface area contributed by atoms with Gasteiger partial charge in [-0.05, 0) is 12.3 Å². The normalized spacial score (nSPS) is 34.0. The third kappa shape index (κ3) is 2.60. The van der Waals surface area contributed by atoms with Crippen LogP contribution in [-0.2, 0) is 19.1 Å². The second kappa shape index (κ2) is 4.90. The van der Waals surface area contributed by atoms with Crippen LogP contribution in [-0.4, -0.2) is 17.1 Å². The lowest BCUT2D eigenvalue weighted by Gasteiger charge is -2.41. The highest BCUT2D eigenvalue weighted by Crippen LogP contribution is 2.42. The van der Waals surface area contributed by atoms with Crippen LogP contribution < -0.4 is 0 Å². The molecule has 1 saturated heterocycles. The van der Waals surface area contributed by atoms with Gasteiger partial charge >= 0.3 is 17.1 Å². The first-order chi connectivity index (χ1) is 7.76. The van der Waals surface area contributed by atoms with Crippen molar-refractivity contribution in [2.24, 2.45) is 11.3 Å². The molecule has 1 aliphatic heterocycles. The molecular formula is C11H15ClO4S. The molecule has 4 nitrogen and oxygen atoms in total. The first-order valence-electron chi connectivity index (χ1n) is 5.21. The van der Waals surface area contributed by atoms with E-state index in [0.717, 1.165) is 0 Å². The summed E-state index contributed by atoms with van der Waals surface area (Å²) in [6.45, 7) is 4.91. The number of hydrogen-bond acceptors (Lipinski definition) is 5. The first-order valence-corrected chi connectivity index (χ1v) is 6.09. The number of carbonyl (C=O) groups is 2. The van der Waals surface area contributed by atoms with Gasteiger partial charge in [-0.15, -0.1) is 0 Å². The SMILES string of the molecule is CC(C)C1(C/C=C/Cl)C(=O)OC(C)(S)OC1=O. The van der Waals surface area contributed by atoms with Crippen molar-refractivity contribution in [3.05, 3.63) is 11.6 Å². The van der Waals surface area contributed by atoms with E-state index in [2.05, 4.69) is 12.6 Å². The van der Waals surface area contributed by atoms with Crippen molar-refractivity contribution < 1.29 is 19.1 Å². The third-order valence-electron chi connectivity index (χ3n) is 2.81. The average Bonchev–Trinajstić information content (AvgIpc) is 2.14. The van der Waals surface area contributed by atoms with Gasteiger partial charge in [0.1, 0.15) is 0 Å². The van der Waals surface area contributed by atoms with Crippen molar-refractivity contribution in [1.29, 1.82) is 0 Å². The summed E-state index contributed by atoms with van der Waals surface area (Å²) in [6, 6.07) is 0. The van der Waals surface area contributed by atoms with Crippen LogP contribution in [0.5, 0.6) is 0 Å². The van der Waals surface area contributed by atoms with E-state index in [-0.39, 0.29) is 12.3 Å². The number of hydrogen-bond donors (Lipinski definition) is 1. The van der Waals surface area contributed by atoms with Gasteiger partial charge in [0.15, 0.2) is 5.41 Å². The first kappa shape index (κ1) is 14.4. The molecule has 0 bridgehead atoms. The molecule has 0 amide bonds. The zero-order chi connectivity index (χ0) is 13.3. The topological polar surface area (TPSA) is 52.6 Å². The standard InChI is InChI=1S/C11H15ClO4S/c1-7(2)11(5-4-6-12)8(13)15-10(3,17)16-9(11)14/h4,6-7,17H,5H2,1-3H3/b6-4+. The van der Waals surface area contributed by atoms with Crippen LogP contribution in [0.4, 0.5) is 0 Å². The molecule has 0 radical (unpaired) electrons. The molecule has 0 aromatic rings. The van der Waals surface area contributed by atoms with E-state index in [1.807, 2.05) is 0 Å². The minimum Gasteiger partial charge on any atom is -0.412 e. The van der Waals surface area contributed by atoms with Crippen molar-refractivity contribution in [1.82, 2.24) is 0 Å². The van der Waals surface area contributed by atoms with Crippen molar-refractivity contribution >= 4 is 36.2 Å². The molecule has 0 atom stereocenters. The maximum Gasteiger partial charge on any atom is 0.327 e. The Morgan fingerprint density at radius 1 is 1.35 bits per heavy atom. The Balaban J connectivity index is 3.13. The van der Waals surface area contributed by atoms with Crippen LogP contribution in [0.1, 0.15) is 27.2 Å². The predicted octanol–water partition coefficient (Wildman–Crippen LogP) is 2.47. The summed E-state index contributed by atoms with van der Waals surface area (Å²) in [5.74, 6) is -1.52. The molecule has 1 aliphatic rings. The number of cyclic esters (lactones) is 2. The molecule has 96 valence electrons. The fraction of sp³-hybridized carbons (Fsp3) is 0.636. The molecular weight excluding hydrogens is 264 g/mol. The Kier molecular flexibility index (Phi) is 4.15. The maximum atomic E-state index is 12.0. The summed E-state index contributed by atoms with van der Waals surface area (Å²) in [6.07, 6.45) is 1.68. The number of halogens is 1. The molecule has 1 rings (SSSR count). The van der Waals surface area contributed by atoms with E-state index in [4.69, 9.17) is 21.1 Å². The predicted molar refractivity (Wildman–Crippen MR) is 66.5 cm³/mol. The van der Waals surface area contributed by atoms with Crippen LogP contribution in [0.2, 0.25) is 0 Å². The highest BCUT2D eigenvalue weighted by molar-refractivity contribution is 7.81. The fourth-order valence-corrected chi connectivity index (χ4v) is 1.99. The van der Waals surface area contributed by atoms with Crippen LogP contribution in [0, 0.1) is 11.3 Å². The number of allylic oxidation sites excluding steroid dienone is 1. The Hall–Kier alpha value is -0.680. The van der Waals surface area contributed by atoms with E-state index in [0.29, 0.717) is 0 Å². The summed E-state index contributed by atoms with van der Waals surface area (Å²) in [5.41, 5.74) is -0.0766. The Morgan fingerprint density at radius 3 is 2.18 bits per heavy atom. The zero-order valence-electron chi connectivity index (χ0n) is 9.90. The van der Waals surface area contributed by atoms with Gasteiger partial charge in [0.25, 0.3) is 0 Å². The van der Waals surface area contributed by atoms with Crippen LogP contribution in [0.25, 0.3) is 0 Å². The molecule has 0 unspecified atom stereocenters. The van der Waals surface area contributed by atoms with E-state index < -0.39 is 22.5 Å². The van der Waals surface area contributed by atoms with Gasteiger partial charge in [-0.25, -0.2) is 0 Å². The minimum atomic E-state index is -1.50. The lowest BCUT2D eigenvalue weighted by atomic mass is 9.74. The van der Waals surface area contributed by atoms with E-state index in [1.165, 1.54) is 18.5 Å². The molecule has 17 heavy (non-hydrogen) atoms. The van der Waals surface area contributed by atoms with Crippen molar-refractivity contribution in [2.75, 3.05) is 0 Å². The van der Waals surface area contributed by atoms with Gasteiger partial charge in [-0.3, -0.25) is 9.59 Å². The molecule has 0 saturated carbocycles. The number of ether oxygens (including phenoxy) is 2. The molecule has 0 aliphatic carbocycles. The Labute approximate surface area is 111 Å². The minimum absolute atomic E-state index is 0.149. The summed E-state index contributed by atoms with van der Waals surface area (Å²) >= 11 is 9.38. The summed E-state index contributed by atoms with van der Waals surface area (Å²) < 4.78 is 10.0. The highest BCUT2D eigenvalue weighted by atomic mass is 35.5. The van der Waals surface area contributed by atoms with Gasteiger partial charge in [-0.2, -0.15) is 0 Å². The van der Waals surface area contributed by atoms with Crippen molar-refractivity contribution in [3.63, 3.8) is 0 Å². The summed E-state index contributed by atoms with van der Waals surface area (Å²) in [5, 5.41) is -1.50. The smallest absolute Gasteiger partial charge is 0.327 e. The molecule has 6 heteroatoms. The molecule has 1 heterocycles. The second-order valence-corrected chi connectivity index (χ2v) is 5.43. The monoisotopic (exact) mass is 278 g/mol. The van der Waals surface area contributed by atoms with E-state index >= 15 is 0 Å². The Morgan fingerprint density at radius 2 is 1.82 bits per heavy atom. The summed E-state index contributed by atoms with van der Waals surface area (Å²) in [7, 11) is 0. The molecule has 0 aromatic heterocycles. The molecule has 1 fully saturated rings. The van der Waals surface area contributed by atoms with Crippen molar-refractivity contribution in [2.45, 2.75) is 32.3 Å². The number of carbonyl (C=O) groups excluding carboxylic acids is 2. The Bertz CT molecular complexity index is 342. The molecule has 0 spiro atoms. The second-order valence-electron chi connectivity index (χ2n) is 4.37. The lowest BCUT2D eigenvalue weighted by Crippen LogP contribution is -2.55. The fourth-order valence-electron chi connectivity index (χ4n) is 1.73. The summed E-state index contributed by atoms with van der Waals surface area (Å²) in [4.78, 5) is 24.1. The van der Waals surface area contributed by atoms with Crippen molar-refractivity contribution in [3.8, 4) is 0 Å². The largest absolute Gasteiger partial charge is 0.412 e. The lowest BCUT2D eigenvalue weighted by molar-refractivity contribution is -0.232. The number of rotatable bonds is 3. The van der Waals surface area contributed by atoms with Gasteiger partial charge in [0.05, 0.1) is 0 Å². The maximum absolute atomic E-state index is 12.0. The van der Waals surface area contributed by atoms with Gasteiger partial charge < -0.3 is 9.47 Å². The van der Waals surface area contributed by atoms with Crippen LogP contribution in [0.3, 0.4) is 0 Å². The molecule has 0 N–H and O–H groups in total. The molecule has 0 aromatic carbocycles. The van der Waals surface area contributed by atoms with Gasteiger partial charge in [0.2, 0.25) is 0 Å². The number of esters is 2. The van der Waals surface area contributed by atoms with Gasteiger partial charge in [0, 0.05) is 12.5 Å². The zero-order valence-corrected chi connectivity index (χ0v) is 11.5.